The second-order valence-corrected chi connectivity index (χ2v) is 4.90. The number of hydrogen-bond acceptors (Lipinski definition) is 1. The van der Waals surface area contributed by atoms with E-state index in [0.717, 1.165) is 22.9 Å². The van der Waals surface area contributed by atoms with Crippen LogP contribution < -0.4 is 0 Å². The molecule has 0 bridgehead atoms. The number of aromatic nitrogens is 1. The molecular formula is C17H15NO. The van der Waals surface area contributed by atoms with Crippen LogP contribution in [-0.4, -0.2) is 10.7 Å². The van der Waals surface area contributed by atoms with Crippen LogP contribution in [0.25, 0.3) is 16.6 Å². The van der Waals surface area contributed by atoms with Gasteiger partial charge >= 0.3 is 0 Å². The highest BCUT2D eigenvalue weighted by Gasteiger charge is 2.06. The van der Waals surface area contributed by atoms with Crippen LogP contribution in [0.1, 0.15) is 21.5 Å². The van der Waals surface area contributed by atoms with Crippen molar-refractivity contribution in [3.05, 3.63) is 65.5 Å². The summed E-state index contributed by atoms with van der Waals surface area (Å²) >= 11 is 0. The van der Waals surface area contributed by atoms with Gasteiger partial charge in [0.25, 0.3) is 0 Å². The van der Waals surface area contributed by atoms with E-state index in [2.05, 4.69) is 44.3 Å². The zero-order valence-corrected chi connectivity index (χ0v) is 11.1. The van der Waals surface area contributed by atoms with E-state index in [4.69, 9.17) is 0 Å². The molecule has 0 unspecified atom stereocenters. The summed E-state index contributed by atoms with van der Waals surface area (Å²) in [6.07, 6.45) is 4.93. The maximum Gasteiger partial charge on any atom is 0.152 e. The van der Waals surface area contributed by atoms with Crippen molar-refractivity contribution >= 4 is 11.8 Å². The van der Waals surface area contributed by atoms with E-state index in [0.29, 0.717) is 0 Å². The fourth-order valence-electron chi connectivity index (χ4n) is 2.34. The van der Waals surface area contributed by atoms with E-state index < -0.39 is 0 Å². The number of pyridine rings is 1. The van der Waals surface area contributed by atoms with Gasteiger partial charge in [-0.05, 0) is 48.7 Å². The SMILES string of the molecule is Cc1ccc(-c2cc3c(C=O)cccn3c2)cc1C. The molecule has 1 aromatic carbocycles. The van der Waals surface area contributed by atoms with Crippen molar-refractivity contribution in [1.82, 2.24) is 4.40 Å². The van der Waals surface area contributed by atoms with E-state index in [1.807, 2.05) is 22.7 Å². The molecule has 0 amide bonds. The van der Waals surface area contributed by atoms with E-state index in [1.54, 1.807) is 0 Å². The number of aryl methyl sites for hydroxylation is 2. The average molecular weight is 249 g/mol. The predicted octanol–water partition coefficient (Wildman–Crippen LogP) is 4.04. The first kappa shape index (κ1) is 11.7. The highest BCUT2D eigenvalue weighted by Crippen LogP contribution is 2.25. The van der Waals surface area contributed by atoms with Crippen LogP contribution in [0.3, 0.4) is 0 Å². The number of fused-ring (bicyclic) bond motifs is 1. The molecule has 0 fully saturated rings. The minimum Gasteiger partial charge on any atom is -0.323 e. The summed E-state index contributed by atoms with van der Waals surface area (Å²) in [7, 11) is 0. The summed E-state index contributed by atoms with van der Waals surface area (Å²) in [5.41, 5.74) is 6.56. The van der Waals surface area contributed by atoms with Gasteiger partial charge in [0, 0.05) is 23.5 Å². The van der Waals surface area contributed by atoms with Gasteiger partial charge in [0.05, 0.1) is 5.52 Å². The van der Waals surface area contributed by atoms with Crippen LogP contribution in [-0.2, 0) is 0 Å². The van der Waals surface area contributed by atoms with Gasteiger partial charge in [0.1, 0.15) is 0 Å². The predicted molar refractivity (Wildman–Crippen MR) is 77.7 cm³/mol. The monoisotopic (exact) mass is 249 g/mol. The Labute approximate surface area is 112 Å². The minimum absolute atomic E-state index is 0.720. The van der Waals surface area contributed by atoms with Crippen LogP contribution in [0, 0.1) is 13.8 Å². The third kappa shape index (κ3) is 1.95. The Hall–Kier alpha value is -2.35. The third-order valence-electron chi connectivity index (χ3n) is 3.63. The van der Waals surface area contributed by atoms with Crippen molar-refractivity contribution in [2.24, 2.45) is 0 Å². The Balaban J connectivity index is 2.20. The van der Waals surface area contributed by atoms with E-state index in [9.17, 15) is 4.79 Å². The first-order valence-corrected chi connectivity index (χ1v) is 6.32. The lowest BCUT2D eigenvalue weighted by molar-refractivity contribution is 0.112. The van der Waals surface area contributed by atoms with Crippen LogP contribution in [0.15, 0.2) is 48.8 Å². The molecule has 3 rings (SSSR count). The molecule has 0 saturated heterocycles. The number of nitrogens with zero attached hydrogens (tertiary/aromatic N) is 1. The molecule has 0 aliphatic heterocycles. The van der Waals surface area contributed by atoms with Crippen molar-refractivity contribution in [3.8, 4) is 11.1 Å². The second kappa shape index (κ2) is 4.39. The van der Waals surface area contributed by atoms with Gasteiger partial charge in [0.2, 0.25) is 0 Å². The fraction of sp³-hybridized carbons (Fsp3) is 0.118. The molecule has 0 radical (unpaired) electrons. The number of carbonyl (C=O) groups excluding carboxylic acids is 1. The summed E-state index contributed by atoms with van der Waals surface area (Å²) in [6.45, 7) is 4.23. The van der Waals surface area contributed by atoms with Crippen molar-refractivity contribution in [2.75, 3.05) is 0 Å². The lowest BCUT2D eigenvalue weighted by Crippen LogP contribution is -1.86. The highest BCUT2D eigenvalue weighted by atomic mass is 16.1. The van der Waals surface area contributed by atoms with Crippen LogP contribution >= 0.6 is 0 Å². The van der Waals surface area contributed by atoms with Gasteiger partial charge in [-0.2, -0.15) is 0 Å². The standard InChI is InChI=1S/C17H15NO/c1-12-5-6-14(8-13(12)2)16-9-17-15(11-19)4-3-7-18(17)10-16/h3-11H,1-2H3. The highest BCUT2D eigenvalue weighted by molar-refractivity contribution is 5.88. The van der Waals surface area contributed by atoms with Crippen molar-refractivity contribution < 1.29 is 4.79 Å². The third-order valence-corrected chi connectivity index (χ3v) is 3.63. The maximum atomic E-state index is 11.1. The number of rotatable bonds is 2. The summed E-state index contributed by atoms with van der Waals surface area (Å²) in [5, 5.41) is 0. The molecule has 0 atom stereocenters. The average Bonchev–Trinajstić information content (AvgIpc) is 2.85. The summed E-state index contributed by atoms with van der Waals surface area (Å²) in [5.74, 6) is 0. The van der Waals surface area contributed by atoms with Crippen molar-refractivity contribution in [1.29, 1.82) is 0 Å². The number of hydrogen-bond donors (Lipinski definition) is 0. The van der Waals surface area contributed by atoms with Gasteiger partial charge < -0.3 is 4.40 Å². The Morgan fingerprint density at radius 3 is 2.58 bits per heavy atom. The summed E-state index contributed by atoms with van der Waals surface area (Å²) < 4.78 is 1.99. The van der Waals surface area contributed by atoms with Gasteiger partial charge in [-0.15, -0.1) is 0 Å². The molecule has 0 aliphatic rings. The first-order chi connectivity index (χ1) is 9.19. The number of benzene rings is 1. The van der Waals surface area contributed by atoms with Gasteiger partial charge in [-0.25, -0.2) is 0 Å². The van der Waals surface area contributed by atoms with Gasteiger partial charge in [0.15, 0.2) is 6.29 Å². The smallest absolute Gasteiger partial charge is 0.152 e. The van der Waals surface area contributed by atoms with Gasteiger partial charge in [-0.3, -0.25) is 4.79 Å². The normalized spacial score (nSPS) is 10.8. The largest absolute Gasteiger partial charge is 0.323 e. The van der Waals surface area contributed by atoms with E-state index in [1.165, 1.54) is 16.7 Å². The first-order valence-electron chi connectivity index (χ1n) is 6.32. The lowest BCUT2D eigenvalue weighted by atomic mass is 10.0. The minimum atomic E-state index is 0.720. The molecule has 0 saturated carbocycles. The molecular weight excluding hydrogens is 234 g/mol. The van der Waals surface area contributed by atoms with E-state index in [-0.39, 0.29) is 0 Å². The molecule has 19 heavy (non-hydrogen) atoms. The fourth-order valence-corrected chi connectivity index (χ4v) is 2.34. The van der Waals surface area contributed by atoms with Gasteiger partial charge in [-0.1, -0.05) is 18.2 Å². The molecule has 0 N–H and O–H groups in total. The molecule has 0 spiro atoms. The molecule has 94 valence electrons. The second-order valence-electron chi connectivity index (χ2n) is 4.90. The topological polar surface area (TPSA) is 21.5 Å². The van der Waals surface area contributed by atoms with Crippen LogP contribution in [0.2, 0.25) is 0 Å². The Morgan fingerprint density at radius 2 is 1.84 bits per heavy atom. The van der Waals surface area contributed by atoms with E-state index >= 15 is 0 Å². The summed E-state index contributed by atoms with van der Waals surface area (Å²) in [6, 6.07) is 12.2. The molecule has 2 nitrogen and oxygen atoms in total. The quantitative estimate of drug-likeness (QED) is 0.628. The lowest BCUT2D eigenvalue weighted by Gasteiger charge is -2.02. The van der Waals surface area contributed by atoms with Crippen LogP contribution in [0.4, 0.5) is 0 Å². The van der Waals surface area contributed by atoms with Crippen molar-refractivity contribution in [2.45, 2.75) is 13.8 Å². The molecule has 0 aliphatic carbocycles. The molecule has 2 aromatic heterocycles. The summed E-state index contributed by atoms with van der Waals surface area (Å²) in [4.78, 5) is 11.1. The Morgan fingerprint density at radius 1 is 1.00 bits per heavy atom. The zero-order chi connectivity index (χ0) is 13.4. The number of carbonyl (C=O) groups is 1. The molecule has 2 heterocycles. The Kier molecular flexibility index (Phi) is 2.71. The Bertz CT molecular complexity index is 768. The van der Waals surface area contributed by atoms with Crippen molar-refractivity contribution in [3.63, 3.8) is 0 Å². The number of aldehydes is 1. The maximum absolute atomic E-state index is 11.1. The molecule has 2 heteroatoms. The zero-order valence-electron chi connectivity index (χ0n) is 11.1. The van der Waals surface area contributed by atoms with Crippen LogP contribution in [0.5, 0.6) is 0 Å². The molecule has 3 aromatic rings.